The fourth-order valence-corrected chi connectivity index (χ4v) is 5.38. The lowest BCUT2D eigenvalue weighted by Crippen LogP contribution is -2.48. The molecule has 2 aliphatic rings. The smallest absolute Gasteiger partial charge is 0.263 e. The van der Waals surface area contributed by atoms with Crippen molar-refractivity contribution in [2.75, 3.05) is 31.1 Å². The molecule has 0 radical (unpaired) electrons. The quantitative estimate of drug-likeness (QED) is 0.759. The van der Waals surface area contributed by atoms with Crippen molar-refractivity contribution < 1.29 is 4.79 Å². The number of carbonyl (C=O) groups is 1. The Hall–Kier alpha value is -1.63. The number of nitrogens with zero attached hydrogens (tertiary/aromatic N) is 3. The SMILES string of the molecule is C[C@@H]1CCCN(C2CCN(c3ncc(C(=O)NCc4ccc(Cl)cc4)s3)CC2)C1. The molecule has 0 aliphatic carbocycles. The van der Waals surface area contributed by atoms with E-state index in [0.29, 0.717) is 22.5 Å². The number of benzene rings is 1. The molecule has 7 heteroatoms. The molecule has 4 rings (SSSR count). The number of carbonyl (C=O) groups excluding carboxylic acids is 1. The van der Waals surface area contributed by atoms with Crippen LogP contribution in [-0.4, -0.2) is 48.0 Å². The van der Waals surface area contributed by atoms with Crippen LogP contribution in [0.1, 0.15) is 47.8 Å². The normalized spacial score (nSPS) is 21.3. The average Bonchev–Trinajstić information content (AvgIpc) is 3.24. The van der Waals surface area contributed by atoms with E-state index in [0.717, 1.165) is 29.7 Å². The Kier molecular flexibility index (Phi) is 6.73. The van der Waals surface area contributed by atoms with Gasteiger partial charge in [-0.2, -0.15) is 0 Å². The molecule has 2 aliphatic heterocycles. The highest BCUT2D eigenvalue weighted by Crippen LogP contribution is 2.28. The summed E-state index contributed by atoms with van der Waals surface area (Å²) in [7, 11) is 0. The molecule has 2 saturated heterocycles. The molecule has 5 nitrogen and oxygen atoms in total. The van der Waals surface area contributed by atoms with Gasteiger partial charge in [0, 0.05) is 37.2 Å². The summed E-state index contributed by atoms with van der Waals surface area (Å²) in [6, 6.07) is 8.22. The summed E-state index contributed by atoms with van der Waals surface area (Å²) in [6.07, 6.45) is 6.78. The van der Waals surface area contributed by atoms with Gasteiger partial charge in [0.2, 0.25) is 0 Å². The van der Waals surface area contributed by atoms with Gasteiger partial charge in [0.15, 0.2) is 5.13 Å². The molecule has 3 heterocycles. The first kappa shape index (κ1) is 20.6. The standard InChI is InChI=1S/C22H29ClN4OS/c1-16-3-2-10-27(15-16)19-8-11-26(12-9-19)22-25-14-20(29-22)21(28)24-13-17-4-6-18(23)7-5-17/h4-7,14,16,19H,2-3,8-13,15H2,1H3,(H,24,28)/t16-/m1/s1. The molecule has 1 atom stereocenters. The number of nitrogens with one attached hydrogen (secondary N) is 1. The minimum atomic E-state index is -0.0686. The van der Waals surface area contributed by atoms with Crippen LogP contribution in [0.4, 0.5) is 5.13 Å². The maximum atomic E-state index is 12.5. The highest BCUT2D eigenvalue weighted by atomic mass is 35.5. The first-order valence-corrected chi connectivity index (χ1v) is 11.8. The van der Waals surface area contributed by atoms with Crippen molar-refractivity contribution in [1.29, 1.82) is 0 Å². The number of likely N-dealkylation sites (tertiary alicyclic amines) is 1. The van der Waals surface area contributed by atoms with Crippen LogP contribution in [0.15, 0.2) is 30.5 Å². The van der Waals surface area contributed by atoms with E-state index >= 15 is 0 Å². The number of anilines is 1. The summed E-state index contributed by atoms with van der Waals surface area (Å²) in [5.41, 5.74) is 1.03. The minimum Gasteiger partial charge on any atom is -0.348 e. The fourth-order valence-electron chi connectivity index (χ4n) is 4.37. The third kappa shape index (κ3) is 5.30. The Morgan fingerprint density at radius 3 is 2.69 bits per heavy atom. The topological polar surface area (TPSA) is 48.5 Å². The van der Waals surface area contributed by atoms with Gasteiger partial charge in [0.05, 0.1) is 6.20 Å². The first-order valence-electron chi connectivity index (χ1n) is 10.6. The maximum Gasteiger partial charge on any atom is 0.263 e. The fraction of sp³-hybridized carbons (Fsp3) is 0.545. The second kappa shape index (κ2) is 9.45. The summed E-state index contributed by atoms with van der Waals surface area (Å²) in [5, 5.41) is 4.63. The zero-order valence-electron chi connectivity index (χ0n) is 16.9. The van der Waals surface area contributed by atoms with E-state index in [2.05, 4.69) is 27.0 Å². The molecule has 1 amide bonds. The number of thiazole rings is 1. The lowest BCUT2D eigenvalue weighted by Gasteiger charge is -2.41. The monoisotopic (exact) mass is 432 g/mol. The van der Waals surface area contributed by atoms with Crippen LogP contribution in [-0.2, 0) is 6.54 Å². The van der Waals surface area contributed by atoms with E-state index in [4.69, 9.17) is 11.6 Å². The van der Waals surface area contributed by atoms with Crippen molar-refractivity contribution in [2.45, 2.75) is 45.2 Å². The summed E-state index contributed by atoms with van der Waals surface area (Å²) in [4.78, 5) is 22.7. The zero-order chi connectivity index (χ0) is 20.2. The zero-order valence-corrected chi connectivity index (χ0v) is 18.5. The second-order valence-electron chi connectivity index (χ2n) is 8.28. The van der Waals surface area contributed by atoms with Crippen molar-refractivity contribution in [2.24, 2.45) is 5.92 Å². The maximum absolute atomic E-state index is 12.5. The summed E-state index contributed by atoms with van der Waals surface area (Å²) in [5.74, 6) is 0.760. The van der Waals surface area contributed by atoms with E-state index in [1.165, 1.54) is 50.1 Å². The molecular formula is C22H29ClN4OS. The van der Waals surface area contributed by atoms with Gasteiger partial charge in [0.1, 0.15) is 4.88 Å². The molecule has 1 aromatic heterocycles. The number of hydrogen-bond acceptors (Lipinski definition) is 5. The number of rotatable bonds is 5. The second-order valence-corrected chi connectivity index (χ2v) is 9.72. The third-order valence-electron chi connectivity index (χ3n) is 6.02. The summed E-state index contributed by atoms with van der Waals surface area (Å²) >= 11 is 7.40. The lowest BCUT2D eigenvalue weighted by molar-refractivity contribution is 0.0955. The number of halogens is 1. The molecule has 2 aromatic rings. The van der Waals surface area contributed by atoms with Crippen molar-refractivity contribution in [3.8, 4) is 0 Å². The van der Waals surface area contributed by atoms with E-state index in [9.17, 15) is 4.79 Å². The van der Waals surface area contributed by atoms with Gasteiger partial charge in [-0.3, -0.25) is 9.69 Å². The lowest BCUT2D eigenvalue weighted by atomic mass is 9.95. The minimum absolute atomic E-state index is 0.0686. The van der Waals surface area contributed by atoms with E-state index in [-0.39, 0.29) is 5.91 Å². The van der Waals surface area contributed by atoms with Gasteiger partial charge in [-0.15, -0.1) is 0 Å². The Labute approximate surface area is 182 Å². The molecule has 0 bridgehead atoms. The number of piperidine rings is 2. The van der Waals surface area contributed by atoms with Gasteiger partial charge in [-0.25, -0.2) is 4.98 Å². The number of hydrogen-bond donors (Lipinski definition) is 1. The van der Waals surface area contributed by atoms with Crippen LogP contribution in [0.3, 0.4) is 0 Å². The Morgan fingerprint density at radius 2 is 1.97 bits per heavy atom. The Balaban J connectivity index is 1.27. The number of aromatic nitrogens is 1. The largest absolute Gasteiger partial charge is 0.348 e. The highest BCUT2D eigenvalue weighted by molar-refractivity contribution is 7.17. The molecular weight excluding hydrogens is 404 g/mol. The van der Waals surface area contributed by atoms with E-state index in [1.54, 1.807) is 6.20 Å². The molecule has 0 unspecified atom stereocenters. The molecule has 156 valence electrons. The van der Waals surface area contributed by atoms with Crippen molar-refractivity contribution in [3.05, 3.63) is 45.9 Å². The van der Waals surface area contributed by atoms with Crippen molar-refractivity contribution in [3.63, 3.8) is 0 Å². The highest BCUT2D eigenvalue weighted by Gasteiger charge is 2.28. The van der Waals surface area contributed by atoms with Crippen LogP contribution in [0.2, 0.25) is 5.02 Å². The van der Waals surface area contributed by atoms with Gasteiger partial charge in [-0.05, 0) is 55.8 Å². The Bertz CT molecular complexity index is 816. The van der Waals surface area contributed by atoms with Crippen molar-refractivity contribution >= 4 is 34.0 Å². The van der Waals surface area contributed by atoms with Gasteiger partial charge in [-0.1, -0.05) is 42.0 Å². The average molecular weight is 433 g/mol. The molecule has 1 N–H and O–H groups in total. The number of amides is 1. The first-order chi connectivity index (χ1) is 14.1. The molecule has 29 heavy (non-hydrogen) atoms. The van der Waals surface area contributed by atoms with Crippen molar-refractivity contribution in [1.82, 2.24) is 15.2 Å². The molecule has 0 spiro atoms. The van der Waals surface area contributed by atoms with Crippen LogP contribution >= 0.6 is 22.9 Å². The van der Waals surface area contributed by atoms with Crippen LogP contribution in [0, 0.1) is 5.92 Å². The summed E-state index contributed by atoms with van der Waals surface area (Å²) < 4.78 is 0. The molecule has 2 fully saturated rings. The van der Waals surface area contributed by atoms with E-state index in [1.807, 2.05) is 24.3 Å². The van der Waals surface area contributed by atoms with Crippen LogP contribution in [0.5, 0.6) is 0 Å². The predicted molar refractivity (Wildman–Crippen MR) is 120 cm³/mol. The van der Waals surface area contributed by atoms with Gasteiger partial charge in [0.25, 0.3) is 5.91 Å². The van der Waals surface area contributed by atoms with E-state index < -0.39 is 0 Å². The molecule has 1 aromatic carbocycles. The predicted octanol–water partition coefficient (Wildman–Crippen LogP) is 4.43. The van der Waals surface area contributed by atoms with Crippen LogP contribution in [0.25, 0.3) is 0 Å². The van der Waals surface area contributed by atoms with Gasteiger partial charge < -0.3 is 10.2 Å². The van der Waals surface area contributed by atoms with Crippen LogP contribution < -0.4 is 10.2 Å². The molecule has 0 saturated carbocycles. The third-order valence-corrected chi connectivity index (χ3v) is 7.33. The van der Waals surface area contributed by atoms with Gasteiger partial charge >= 0.3 is 0 Å². The summed E-state index contributed by atoms with van der Waals surface area (Å²) in [6.45, 7) is 7.41. The Morgan fingerprint density at radius 1 is 1.21 bits per heavy atom.